The first-order valence-corrected chi connectivity index (χ1v) is 7.06. The van der Waals surface area contributed by atoms with Crippen molar-refractivity contribution in [1.29, 1.82) is 0 Å². The summed E-state index contributed by atoms with van der Waals surface area (Å²) in [5, 5.41) is 2.98. The van der Waals surface area contributed by atoms with E-state index in [0.717, 1.165) is 0 Å². The molecule has 0 atom stereocenters. The molecule has 24 heavy (non-hydrogen) atoms. The van der Waals surface area contributed by atoms with Crippen molar-refractivity contribution in [2.75, 3.05) is 14.2 Å². The van der Waals surface area contributed by atoms with Crippen LogP contribution in [0, 0.1) is 18.8 Å². The minimum Gasteiger partial charge on any atom is -0.465 e. The highest BCUT2D eigenvalue weighted by atomic mass is 16.5. The standard InChI is InChI=1S/C17H16N2O5/c1-9-13(16(20)23-3)15(11-7-5-6-8-12(11)19-22)14(10(2)18-9)17(21)24-4/h5-8H,1-4H3. The molecule has 1 aromatic heterocycles. The van der Waals surface area contributed by atoms with Crippen molar-refractivity contribution in [3.8, 4) is 11.1 Å². The predicted molar refractivity (Wildman–Crippen MR) is 87.3 cm³/mol. The summed E-state index contributed by atoms with van der Waals surface area (Å²) in [6.07, 6.45) is 0. The van der Waals surface area contributed by atoms with Crippen LogP contribution in [0.15, 0.2) is 29.4 Å². The second-order valence-electron chi connectivity index (χ2n) is 5.00. The van der Waals surface area contributed by atoms with E-state index >= 15 is 0 Å². The van der Waals surface area contributed by atoms with Crippen LogP contribution >= 0.6 is 0 Å². The molecule has 0 aliphatic heterocycles. The van der Waals surface area contributed by atoms with Gasteiger partial charge in [-0.25, -0.2) is 9.59 Å². The molecule has 0 aliphatic rings. The Morgan fingerprint density at radius 2 is 1.46 bits per heavy atom. The molecular formula is C17H16N2O5. The van der Waals surface area contributed by atoms with E-state index < -0.39 is 11.9 Å². The number of nitroso groups, excluding NO2 is 1. The van der Waals surface area contributed by atoms with E-state index in [9.17, 15) is 14.5 Å². The molecule has 0 amide bonds. The summed E-state index contributed by atoms with van der Waals surface area (Å²) in [5.41, 5.74) is 1.61. The van der Waals surface area contributed by atoms with Crippen molar-refractivity contribution >= 4 is 17.6 Å². The Kier molecular flexibility index (Phi) is 5.03. The number of carbonyl (C=O) groups excluding carboxylic acids is 2. The molecule has 0 spiro atoms. The van der Waals surface area contributed by atoms with Crippen LogP contribution in [0.2, 0.25) is 0 Å². The normalized spacial score (nSPS) is 10.2. The number of benzene rings is 1. The van der Waals surface area contributed by atoms with E-state index in [4.69, 9.17) is 9.47 Å². The number of ether oxygens (including phenoxy) is 2. The number of esters is 2. The number of aromatic nitrogens is 1. The van der Waals surface area contributed by atoms with Crippen molar-refractivity contribution < 1.29 is 19.1 Å². The third-order valence-corrected chi connectivity index (χ3v) is 3.61. The molecule has 0 saturated heterocycles. The van der Waals surface area contributed by atoms with Crippen molar-refractivity contribution in [2.45, 2.75) is 13.8 Å². The van der Waals surface area contributed by atoms with Gasteiger partial charge in [-0.05, 0) is 25.1 Å². The number of rotatable bonds is 4. The lowest BCUT2D eigenvalue weighted by atomic mass is 9.91. The molecule has 0 unspecified atom stereocenters. The second-order valence-corrected chi connectivity index (χ2v) is 5.00. The van der Waals surface area contributed by atoms with Gasteiger partial charge in [-0.15, -0.1) is 4.91 Å². The summed E-state index contributed by atoms with van der Waals surface area (Å²) in [7, 11) is 2.46. The maximum Gasteiger partial charge on any atom is 0.340 e. The van der Waals surface area contributed by atoms with Crippen molar-refractivity contribution in [2.24, 2.45) is 5.18 Å². The largest absolute Gasteiger partial charge is 0.465 e. The molecule has 1 aromatic carbocycles. The Balaban J connectivity index is 3.01. The highest BCUT2D eigenvalue weighted by Gasteiger charge is 2.28. The van der Waals surface area contributed by atoms with Crippen LogP contribution in [0.4, 0.5) is 5.69 Å². The highest BCUT2D eigenvalue weighted by Crippen LogP contribution is 2.37. The summed E-state index contributed by atoms with van der Waals surface area (Å²) in [4.78, 5) is 40.0. The molecule has 0 fully saturated rings. The number of aryl methyl sites for hydroxylation is 2. The summed E-state index contributed by atoms with van der Waals surface area (Å²) >= 11 is 0. The van der Waals surface area contributed by atoms with Crippen LogP contribution < -0.4 is 0 Å². The maximum atomic E-state index is 12.3. The van der Waals surface area contributed by atoms with Gasteiger partial charge in [0.05, 0.1) is 36.7 Å². The van der Waals surface area contributed by atoms with Gasteiger partial charge in [0.1, 0.15) is 5.69 Å². The van der Waals surface area contributed by atoms with Gasteiger partial charge in [-0.2, -0.15) is 0 Å². The van der Waals surface area contributed by atoms with E-state index in [2.05, 4.69) is 10.2 Å². The Morgan fingerprint density at radius 3 is 1.92 bits per heavy atom. The Bertz CT molecular complexity index is 790. The van der Waals surface area contributed by atoms with Crippen LogP contribution in [-0.2, 0) is 9.47 Å². The van der Waals surface area contributed by atoms with E-state index in [1.807, 2.05) is 0 Å². The molecule has 0 N–H and O–H groups in total. The number of carbonyl (C=O) groups is 2. The number of hydrogen-bond donors (Lipinski definition) is 0. The molecule has 7 heteroatoms. The van der Waals surface area contributed by atoms with Gasteiger partial charge in [-0.1, -0.05) is 18.2 Å². The number of hydrogen-bond acceptors (Lipinski definition) is 7. The lowest BCUT2D eigenvalue weighted by Crippen LogP contribution is -2.16. The van der Waals surface area contributed by atoms with Gasteiger partial charge in [0.15, 0.2) is 0 Å². The zero-order chi connectivity index (χ0) is 17.9. The molecular weight excluding hydrogens is 312 g/mol. The smallest absolute Gasteiger partial charge is 0.340 e. The molecule has 2 aromatic rings. The number of pyridine rings is 1. The van der Waals surface area contributed by atoms with E-state index in [-0.39, 0.29) is 22.4 Å². The van der Waals surface area contributed by atoms with Gasteiger partial charge in [-0.3, -0.25) is 4.98 Å². The van der Waals surface area contributed by atoms with Crippen molar-refractivity contribution in [3.05, 3.63) is 51.7 Å². The number of methoxy groups -OCH3 is 2. The van der Waals surface area contributed by atoms with Crippen LogP contribution in [0.25, 0.3) is 11.1 Å². The van der Waals surface area contributed by atoms with Gasteiger partial charge in [0.2, 0.25) is 0 Å². The minimum atomic E-state index is -0.666. The minimum absolute atomic E-state index is 0.0952. The lowest BCUT2D eigenvalue weighted by Gasteiger charge is -2.17. The molecule has 0 radical (unpaired) electrons. The zero-order valence-corrected chi connectivity index (χ0v) is 13.7. The van der Waals surface area contributed by atoms with Gasteiger partial charge >= 0.3 is 11.9 Å². The van der Waals surface area contributed by atoms with E-state index in [0.29, 0.717) is 17.0 Å². The Labute approximate surface area is 138 Å². The molecule has 1 heterocycles. The summed E-state index contributed by atoms with van der Waals surface area (Å²) in [6.45, 7) is 3.25. The maximum absolute atomic E-state index is 12.3. The van der Waals surface area contributed by atoms with Crippen molar-refractivity contribution in [3.63, 3.8) is 0 Å². The molecule has 0 saturated carbocycles. The van der Waals surface area contributed by atoms with Crippen molar-refractivity contribution in [1.82, 2.24) is 4.98 Å². The van der Waals surface area contributed by atoms with E-state index in [1.54, 1.807) is 32.0 Å². The van der Waals surface area contributed by atoms with Crippen LogP contribution in [0.3, 0.4) is 0 Å². The SMILES string of the molecule is COC(=O)c1c(C)nc(C)c(C(=O)OC)c1-c1ccccc1N=O. The highest BCUT2D eigenvalue weighted by molar-refractivity contribution is 6.08. The molecule has 2 rings (SSSR count). The fourth-order valence-corrected chi connectivity index (χ4v) is 2.59. The molecule has 7 nitrogen and oxygen atoms in total. The third kappa shape index (κ3) is 2.88. The molecule has 124 valence electrons. The van der Waals surface area contributed by atoms with E-state index in [1.165, 1.54) is 20.3 Å². The van der Waals surface area contributed by atoms with Crippen LogP contribution in [-0.4, -0.2) is 31.1 Å². The first kappa shape index (κ1) is 17.3. The third-order valence-electron chi connectivity index (χ3n) is 3.61. The predicted octanol–water partition coefficient (Wildman–Crippen LogP) is 3.34. The number of nitrogens with zero attached hydrogens (tertiary/aromatic N) is 2. The topological polar surface area (TPSA) is 94.9 Å². The second kappa shape index (κ2) is 6.99. The van der Waals surface area contributed by atoms with Crippen LogP contribution in [0.5, 0.6) is 0 Å². The first-order valence-electron chi connectivity index (χ1n) is 7.06. The zero-order valence-electron chi connectivity index (χ0n) is 13.7. The lowest BCUT2D eigenvalue weighted by molar-refractivity contribution is 0.0599. The van der Waals surface area contributed by atoms with Gasteiger partial charge in [0.25, 0.3) is 0 Å². The average Bonchev–Trinajstić information content (AvgIpc) is 2.59. The summed E-state index contributed by atoms with van der Waals surface area (Å²) in [5.74, 6) is -1.33. The fraction of sp³-hybridized carbons (Fsp3) is 0.235. The molecule has 0 aliphatic carbocycles. The average molecular weight is 328 g/mol. The summed E-state index contributed by atoms with van der Waals surface area (Å²) < 4.78 is 9.64. The summed E-state index contributed by atoms with van der Waals surface area (Å²) in [6, 6.07) is 6.41. The Morgan fingerprint density at radius 1 is 0.958 bits per heavy atom. The van der Waals surface area contributed by atoms with Gasteiger partial charge < -0.3 is 9.47 Å². The van der Waals surface area contributed by atoms with Crippen LogP contribution in [0.1, 0.15) is 32.1 Å². The van der Waals surface area contributed by atoms with Gasteiger partial charge in [0, 0.05) is 11.1 Å². The fourth-order valence-electron chi connectivity index (χ4n) is 2.59. The Hall–Kier alpha value is -3.09. The molecule has 0 bridgehead atoms. The quantitative estimate of drug-likeness (QED) is 0.631. The monoisotopic (exact) mass is 328 g/mol. The first-order chi connectivity index (χ1) is 11.5.